The highest BCUT2D eigenvalue weighted by Gasteiger charge is 2.22. The van der Waals surface area contributed by atoms with Crippen LogP contribution in [0.1, 0.15) is 29.2 Å². The standard InChI is InChI=1S/C14H12BrClO2/c1-8-6-10-7-9(2-3-11(10)17-8)14(16)12-4-5-13(15)18-12/h2-5,7-8,14H,6H2,1H3. The Hall–Kier alpha value is -0.930. The summed E-state index contributed by atoms with van der Waals surface area (Å²) in [5.74, 6) is 1.71. The lowest BCUT2D eigenvalue weighted by Gasteiger charge is -2.08. The molecule has 0 saturated heterocycles. The van der Waals surface area contributed by atoms with E-state index in [1.54, 1.807) is 0 Å². The van der Waals surface area contributed by atoms with Crippen LogP contribution in [-0.2, 0) is 6.42 Å². The van der Waals surface area contributed by atoms with Crippen LogP contribution in [0.15, 0.2) is 39.4 Å². The fourth-order valence-corrected chi connectivity index (χ4v) is 2.80. The molecule has 2 heterocycles. The van der Waals surface area contributed by atoms with Crippen LogP contribution < -0.4 is 4.74 Å². The molecule has 1 aliphatic rings. The molecular weight excluding hydrogens is 316 g/mol. The highest BCUT2D eigenvalue weighted by atomic mass is 79.9. The lowest BCUT2D eigenvalue weighted by Crippen LogP contribution is -2.05. The number of halogens is 2. The van der Waals surface area contributed by atoms with Gasteiger partial charge in [0.2, 0.25) is 0 Å². The molecule has 0 N–H and O–H groups in total. The first-order valence-corrected chi connectivity index (χ1v) is 7.05. The first-order chi connectivity index (χ1) is 8.63. The van der Waals surface area contributed by atoms with E-state index in [1.165, 1.54) is 5.56 Å². The second kappa shape index (κ2) is 4.63. The van der Waals surface area contributed by atoms with Gasteiger partial charge in [-0.15, -0.1) is 11.6 Å². The minimum Gasteiger partial charge on any atom is -0.490 e. The van der Waals surface area contributed by atoms with Crippen molar-refractivity contribution in [3.8, 4) is 5.75 Å². The monoisotopic (exact) mass is 326 g/mol. The van der Waals surface area contributed by atoms with Crippen LogP contribution in [0.2, 0.25) is 0 Å². The van der Waals surface area contributed by atoms with Gasteiger partial charge in [-0.2, -0.15) is 0 Å². The molecule has 94 valence electrons. The van der Waals surface area contributed by atoms with Gasteiger partial charge < -0.3 is 9.15 Å². The lowest BCUT2D eigenvalue weighted by molar-refractivity contribution is 0.254. The first kappa shape index (κ1) is 12.1. The molecule has 0 saturated carbocycles. The Morgan fingerprint density at radius 1 is 1.33 bits per heavy atom. The summed E-state index contributed by atoms with van der Waals surface area (Å²) in [4.78, 5) is 0. The topological polar surface area (TPSA) is 22.4 Å². The van der Waals surface area contributed by atoms with E-state index in [-0.39, 0.29) is 11.5 Å². The maximum absolute atomic E-state index is 6.43. The van der Waals surface area contributed by atoms with Crippen molar-refractivity contribution >= 4 is 27.5 Å². The largest absolute Gasteiger partial charge is 0.490 e. The van der Waals surface area contributed by atoms with Gasteiger partial charge in [0.1, 0.15) is 23.0 Å². The summed E-state index contributed by atoms with van der Waals surface area (Å²) in [6, 6.07) is 9.82. The van der Waals surface area contributed by atoms with E-state index in [0.29, 0.717) is 4.67 Å². The van der Waals surface area contributed by atoms with Crippen LogP contribution in [0.25, 0.3) is 0 Å². The van der Waals surface area contributed by atoms with Crippen molar-refractivity contribution < 1.29 is 9.15 Å². The number of hydrogen-bond acceptors (Lipinski definition) is 2. The number of benzene rings is 1. The second-order valence-electron chi connectivity index (χ2n) is 4.50. The highest BCUT2D eigenvalue weighted by molar-refractivity contribution is 9.10. The molecule has 2 atom stereocenters. The van der Waals surface area contributed by atoms with Crippen molar-refractivity contribution in [3.05, 3.63) is 51.9 Å². The minimum absolute atomic E-state index is 0.252. The Labute approximate surface area is 119 Å². The minimum atomic E-state index is -0.266. The van der Waals surface area contributed by atoms with Gasteiger partial charge >= 0.3 is 0 Å². The van der Waals surface area contributed by atoms with Crippen LogP contribution in [0, 0.1) is 0 Å². The van der Waals surface area contributed by atoms with E-state index in [9.17, 15) is 0 Å². The van der Waals surface area contributed by atoms with Crippen molar-refractivity contribution in [2.24, 2.45) is 0 Å². The Morgan fingerprint density at radius 3 is 2.89 bits per heavy atom. The van der Waals surface area contributed by atoms with Crippen molar-refractivity contribution in [3.63, 3.8) is 0 Å². The van der Waals surface area contributed by atoms with Crippen molar-refractivity contribution in [1.29, 1.82) is 0 Å². The molecule has 1 aliphatic heterocycles. The summed E-state index contributed by atoms with van der Waals surface area (Å²) in [5.41, 5.74) is 2.26. The summed E-state index contributed by atoms with van der Waals surface area (Å²) in [6.07, 6.45) is 1.19. The third-order valence-corrected chi connectivity index (χ3v) is 3.95. The number of fused-ring (bicyclic) bond motifs is 1. The average Bonchev–Trinajstić information content (AvgIpc) is 2.92. The molecule has 1 aromatic heterocycles. The van der Waals surface area contributed by atoms with Crippen LogP contribution in [0.4, 0.5) is 0 Å². The Balaban J connectivity index is 1.91. The zero-order valence-corrected chi connectivity index (χ0v) is 12.2. The van der Waals surface area contributed by atoms with Gasteiger partial charge in [-0.3, -0.25) is 0 Å². The Morgan fingerprint density at radius 2 is 2.17 bits per heavy atom. The quantitative estimate of drug-likeness (QED) is 0.746. The fourth-order valence-electron chi connectivity index (χ4n) is 2.23. The number of alkyl halides is 1. The summed E-state index contributed by atoms with van der Waals surface area (Å²) in [5, 5.41) is -0.266. The molecule has 0 fully saturated rings. The SMILES string of the molecule is CC1Cc2cc(C(Cl)c3ccc(Br)o3)ccc2O1. The molecule has 0 radical (unpaired) electrons. The van der Waals surface area contributed by atoms with E-state index in [2.05, 4.69) is 28.9 Å². The van der Waals surface area contributed by atoms with Gasteiger partial charge in [-0.1, -0.05) is 12.1 Å². The molecule has 0 spiro atoms. The zero-order chi connectivity index (χ0) is 12.7. The molecule has 0 amide bonds. The average molecular weight is 328 g/mol. The van der Waals surface area contributed by atoms with Gasteiger partial charge in [0.25, 0.3) is 0 Å². The van der Waals surface area contributed by atoms with Crippen molar-refractivity contribution in [1.82, 2.24) is 0 Å². The van der Waals surface area contributed by atoms with Gasteiger partial charge in [-0.05, 0) is 52.2 Å². The summed E-state index contributed by atoms with van der Waals surface area (Å²) in [7, 11) is 0. The van der Waals surface area contributed by atoms with E-state index < -0.39 is 0 Å². The molecule has 3 rings (SSSR count). The molecule has 2 unspecified atom stereocenters. The van der Waals surface area contributed by atoms with E-state index >= 15 is 0 Å². The summed E-state index contributed by atoms with van der Waals surface area (Å²) >= 11 is 9.71. The predicted octanol–water partition coefficient (Wildman–Crippen LogP) is 4.69. The van der Waals surface area contributed by atoms with Crippen molar-refractivity contribution in [2.45, 2.75) is 24.8 Å². The normalized spacial score (nSPS) is 19.4. The van der Waals surface area contributed by atoms with Gasteiger partial charge in [0, 0.05) is 6.42 Å². The zero-order valence-electron chi connectivity index (χ0n) is 9.82. The molecule has 0 aliphatic carbocycles. The molecule has 18 heavy (non-hydrogen) atoms. The van der Waals surface area contributed by atoms with E-state index in [4.69, 9.17) is 20.8 Å². The maximum atomic E-state index is 6.43. The maximum Gasteiger partial charge on any atom is 0.169 e. The summed E-state index contributed by atoms with van der Waals surface area (Å²) < 4.78 is 11.9. The third kappa shape index (κ3) is 2.17. The smallest absolute Gasteiger partial charge is 0.169 e. The van der Waals surface area contributed by atoms with E-state index in [1.807, 2.05) is 24.3 Å². The molecule has 0 bridgehead atoms. The second-order valence-corrected chi connectivity index (χ2v) is 5.72. The Kier molecular flexibility index (Phi) is 3.12. The van der Waals surface area contributed by atoms with Crippen LogP contribution in [0.5, 0.6) is 5.75 Å². The third-order valence-electron chi connectivity index (χ3n) is 3.06. The number of rotatable bonds is 2. The van der Waals surface area contributed by atoms with Crippen LogP contribution >= 0.6 is 27.5 Å². The summed E-state index contributed by atoms with van der Waals surface area (Å²) in [6.45, 7) is 2.07. The fraction of sp³-hybridized carbons (Fsp3) is 0.286. The molecule has 2 nitrogen and oxygen atoms in total. The number of ether oxygens (including phenoxy) is 1. The molecule has 2 aromatic rings. The Bertz CT molecular complexity index is 579. The van der Waals surface area contributed by atoms with Crippen LogP contribution in [0.3, 0.4) is 0 Å². The van der Waals surface area contributed by atoms with Gasteiger partial charge in [-0.25, -0.2) is 0 Å². The first-order valence-electron chi connectivity index (χ1n) is 5.82. The number of hydrogen-bond donors (Lipinski definition) is 0. The predicted molar refractivity (Wildman–Crippen MR) is 74.3 cm³/mol. The van der Waals surface area contributed by atoms with Crippen molar-refractivity contribution in [2.75, 3.05) is 0 Å². The van der Waals surface area contributed by atoms with Gasteiger partial charge in [0.05, 0.1) is 0 Å². The van der Waals surface area contributed by atoms with Gasteiger partial charge in [0.15, 0.2) is 4.67 Å². The highest BCUT2D eigenvalue weighted by Crippen LogP contribution is 2.36. The van der Waals surface area contributed by atoms with E-state index in [0.717, 1.165) is 23.5 Å². The number of furan rings is 1. The molecular formula is C14H12BrClO2. The molecule has 1 aromatic carbocycles. The van der Waals surface area contributed by atoms with Crippen LogP contribution in [-0.4, -0.2) is 6.10 Å². The lowest BCUT2D eigenvalue weighted by atomic mass is 10.0. The molecule has 4 heteroatoms.